The summed E-state index contributed by atoms with van der Waals surface area (Å²) in [5, 5.41) is 12.0. The van der Waals surface area contributed by atoms with Gasteiger partial charge in [0, 0.05) is 7.05 Å². The molecule has 3 rings (SSSR count). The topological polar surface area (TPSA) is 65.7 Å². The fraction of sp³-hybridized carbons (Fsp3) is 0.200. The van der Waals surface area contributed by atoms with E-state index in [-0.39, 0.29) is 0 Å². The number of fused-ring (bicyclic) bond motifs is 1. The number of methoxy groups -OCH3 is 1. The summed E-state index contributed by atoms with van der Waals surface area (Å²) in [6.07, 6.45) is 0. The SMILES string of the molecule is COc1ccc2nc(Sc3nnnn3C)sc2c1. The van der Waals surface area contributed by atoms with E-state index in [1.807, 2.05) is 18.2 Å². The third kappa shape index (κ3) is 2.04. The zero-order valence-electron chi connectivity index (χ0n) is 9.69. The monoisotopic (exact) mass is 279 g/mol. The minimum absolute atomic E-state index is 0.723. The molecule has 0 aliphatic carbocycles. The number of hydrogen-bond acceptors (Lipinski definition) is 7. The Labute approximate surface area is 111 Å². The molecule has 8 heteroatoms. The van der Waals surface area contributed by atoms with Crippen molar-refractivity contribution in [3.8, 4) is 5.75 Å². The van der Waals surface area contributed by atoms with E-state index in [0.717, 1.165) is 25.5 Å². The lowest BCUT2D eigenvalue weighted by Crippen LogP contribution is -1.92. The highest BCUT2D eigenvalue weighted by Gasteiger charge is 2.10. The summed E-state index contributed by atoms with van der Waals surface area (Å²) < 4.78 is 8.82. The predicted octanol–water partition coefficient (Wildman–Crippen LogP) is 1.98. The number of tetrazole rings is 1. The molecule has 0 saturated carbocycles. The molecular formula is C10H9N5OS2. The average Bonchev–Trinajstić information content (AvgIpc) is 2.95. The molecule has 0 fully saturated rings. The Kier molecular flexibility index (Phi) is 2.88. The Morgan fingerprint density at radius 1 is 1.39 bits per heavy atom. The van der Waals surface area contributed by atoms with Crippen LogP contribution in [0.2, 0.25) is 0 Å². The van der Waals surface area contributed by atoms with Crippen molar-refractivity contribution >= 4 is 33.3 Å². The molecule has 3 aromatic rings. The van der Waals surface area contributed by atoms with Crippen LogP contribution >= 0.6 is 23.1 Å². The Morgan fingerprint density at radius 3 is 3.00 bits per heavy atom. The lowest BCUT2D eigenvalue weighted by Gasteiger charge is -1.96. The third-order valence-corrected chi connectivity index (χ3v) is 4.44. The number of aromatic nitrogens is 5. The summed E-state index contributed by atoms with van der Waals surface area (Å²) in [4.78, 5) is 4.52. The number of benzene rings is 1. The van der Waals surface area contributed by atoms with Crippen molar-refractivity contribution in [2.24, 2.45) is 7.05 Å². The molecule has 0 unspecified atom stereocenters. The number of aryl methyl sites for hydroxylation is 1. The maximum absolute atomic E-state index is 5.19. The molecule has 0 radical (unpaired) electrons. The van der Waals surface area contributed by atoms with Crippen molar-refractivity contribution in [2.75, 3.05) is 7.11 Å². The Morgan fingerprint density at radius 2 is 2.28 bits per heavy atom. The van der Waals surface area contributed by atoms with Gasteiger partial charge in [-0.15, -0.1) is 16.4 Å². The highest BCUT2D eigenvalue weighted by atomic mass is 32.2. The van der Waals surface area contributed by atoms with Gasteiger partial charge in [-0.25, -0.2) is 9.67 Å². The number of ether oxygens (including phenoxy) is 1. The van der Waals surface area contributed by atoms with Gasteiger partial charge < -0.3 is 4.74 Å². The van der Waals surface area contributed by atoms with Crippen LogP contribution in [0, 0.1) is 0 Å². The molecule has 0 spiro atoms. The highest BCUT2D eigenvalue weighted by Crippen LogP contribution is 2.34. The molecule has 2 heterocycles. The van der Waals surface area contributed by atoms with E-state index in [2.05, 4.69) is 20.5 Å². The van der Waals surface area contributed by atoms with Crippen LogP contribution in [0.1, 0.15) is 0 Å². The van der Waals surface area contributed by atoms with E-state index >= 15 is 0 Å². The standard InChI is InChI=1S/C10H9N5OS2/c1-15-9(12-13-14-15)18-10-11-7-4-3-6(16-2)5-8(7)17-10/h3-5H,1-2H3. The van der Waals surface area contributed by atoms with E-state index in [1.54, 1.807) is 30.2 Å². The fourth-order valence-corrected chi connectivity index (χ4v) is 3.37. The first kappa shape index (κ1) is 11.4. The number of rotatable bonds is 3. The Bertz CT molecular complexity index is 692. The Balaban J connectivity index is 1.96. The number of thiazole rings is 1. The second-order valence-electron chi connectivity index (χ2n) is 3.50. The number of hydrogen-bond donors (Lipinski definition) is 0. The molecule has 0 saturated heterocycles. The van der Waals surface area contributed by atoms with E-state index in [4.69, 9.17) is 4.74 Å². The van der Waals surface area contributed by atoms with Gasteiger partial charge in [-0.05, 0) is 40.4 Å². The fourth-order valence-electron chi connectivity index (χ4n) is 1.44. The van der Waals surface area contributed by atoms with E-state index < -0.39 is 0 Å². The van der Waals surface area contributed by atoms with E-state index in [1.165, 1.54) is 11.8 Å². The summed E-state index contributed by atoms with van der Waals surface area (Å²) >= 11 is 3.05. The molecule has 1 aromatic carbocycles. The van der Waals surface area contributed by atoms with Gasteiger partial charge >= 0.3 is 0 Å². The molecule has 0 N–H and O–H groups in total. The predicted molar refractivity (Wildman–Crippen MR) is 69.1 cm³/mol. The first-order chi connectivity index (χ1) is 8.76. The van der Waals surface area contributed by atoms with Crippen LogP contribution in [0.25, 0.3) is 10.2 Å². The Hall–Kier alpha value is -1.67. The molecule has 0 aliphatic heterocycles. The van der Waals surface area contributed by atoms with Crippen LogP contribution in [-0.4, -0.2) is 32.3 Å². The van der Waals surface area contributed by atoms with E-state index in [0.29, 0.717) is 0 Å². The van der Waals surface area contributed by atoms with E-state index in [9.17, 15) is 0 Å². The molecule has 0 bridgehead atoms. The lowest BCUT2D eigenvalue weighted by atomic mass is 10.3. The normalized spacial score (nSPS) is 11.0. The van der Waals surface area contributed by atoms with Crippen LogP contribution in [0.3, 0.4) is 0 Å². The van der Waals surface area contributed by atoms with Gasteiger partial charge in [-0.3, -0.25) is 0 Å². The smallest absolute Gasteiger partial charge is 0.216 e. The van der Waals surface area contributed by atoms with Crippen LogP contribution in [0.15, 0.2) is 27.7 Å². The summed E-state index contributed by atoms with van der Waals surface area (Å²) in [6, 6.07) is 5.83. The van der Waals surface area contributed by atoms with Gasteiger partial charge in [0.25, 0.3) is 0 Å². The molecule has 92 valence electrons. The van der Waals surface area contributed by atoms with Crippen LogP contribution in [0.5, 0.6) is 5.75 Å². The average molecular weight is 279 g/mol. The van der Waals surface area contributed by atoms with Gasteiger partial charge in [-0.1, -0.05) is 0 Å². The molecular weight excluding hydrogens is 270 g/mol. The first-order valence-corrected chi connectivity index (χ1v) is 6.74. The largest absolute Gasteiger partial charge is 0.497 e. The molecule has 0 aliphatic rings. The summed E-state index contributed by atoms with van der Waals surface area (Å²) in [6.45, 7) is 0. The zero-order valence-corrected chi connectivity index (χ0v) is 11.3. The van der Waals surface area contributed by atoms with Crippen LogP contribution in [-0.2, 0) is 7.05 Å². The van der Waals surface area contributed by atoms with Crippen molar-refractivity contribution in [1.82, 2.24) is 25.2 Å². The molecule has 0 amide bonds. The second-order valence-corrected chi connectivity index (χ2v) is 5.75. The van der Waals surface area contributed by atoms with Crippen molar-refractivity contribution < 1.29 is 4.74 Å². The van der Waals surface area contributed by atoms with Gasteiger partial charge in [0.1, 0.15) is 5.75 Å². The minimum atomic E-state index is 0.723. The van der Waals surface area contributed by atoms with Crippen molar-refractivity contribution in [3.63, 3.8) is 0 Å². The second kappa shape index (κ2) is 4.54. The van der Waals surface area contributed by atoms with Crippen molar-refractivity contribution in [1.29, 1.82) is 0 Å². The van der Waals surface area contributed by atoms with Crippen molar-refractivity contribution in [3.05, 3.63) is 18.2 Å². The maximum atomic E-state index is 5.19. The maximum Gasteiger partial charge on any atom is 0.216 e. The minimum Gasteiger partial charge on any atom is -0.497 e. The van der Waals surface area contributed by atoms with Gasteiger partial charge in [-0.2, -0.15) is 0 Å². The lowest BCUT2D eigenvalue weighted by molar-refractivity contribution is 0.415. The van der Waals surface area contributed by atoms with Crippen LogP contribution < -0.4 is 4.74 Å². The quantitative estimate of drug-likeness (QED) is 0.730. The molecule has 2 aromatic heterocycles. The summed E-state index contributed by atoms with van der Waals surface area (Å²) in [5.41, 5.74) is 0.957. The molecule has 6 nitrogen and oxygen atoms in total. The van der Waals surface area contributed by atoms with Crippen molar-refractivity contribution in [2.45, 2.75) is 9.50 Å². The summed E-state index contributed by atoms with van der Waals surface area (Å²) in [7, 11) is 3.46. The molecule has 18 heavy (non-hydrogen) atoms. The van der Waals surface area contributed by atoms with Gasteiger partial charge in [0.15, 0.2) is 4.34 Å². The third-order valence-electron chi connectivity index (χ3n) is 2.34. The first-order valence-electron chi connectivity index (χ1n) is 5.11. The molecule has 0 atom stereocenters. The number of nitrogens with zero attached hydrogens (tertiary/aromatic N) is 5. The van der Waals surface area contributed by atoms with Crippen LogP contribution in [0.4, 0.5) is 0 Å². The van der Waals surface area contributed by atoms with Gasteiger partial charge in [0.2, 0.25) is 5.16 Å². The summed E-state index contributed by atoms with van der Waals surface area (Å²) in [5.74, 6) is 0.836. The van der Waals surface area contributed by atoms with Gasteiger partial charge in [0.05, 0.1) is 17.3 Å². The zero-order chi connectivity index (χ0) is 12.5. The highest BCUT2D eigenvalue weighted by molar-refractivity contribution is 8.01.